The van der Waals surface area contributed by atoms with Crippen LogP contribution in [0.1, 0.15) is 38.7 Å². The summed E-state index contributed by atoms with van der Waals surface area (Å²) in [5, 5.41) is 5.67. The fraction of sp³-hybridized carbons (Fsp3) is 0.333. The van der Waals surface area contributed by atoms with Gasteiger partial charge in [-0.2, -0.15) is 0 Å². The van der Waals surface area contributed by atoms with Crippen LogP contribution in [0.3, 0.4) is 0 Å². The van der Waals surface area contributed by atoms with E-state index >= 15 is 0 Å². The summed E-state index contributed by atoms with van der Waals surface area (Å²) in [5.74, 6) is 0.177. The Morgan fingerprint density at radius 3 is 2.50 bits per heavy atom. The van der Waals surface area contributed by atoms with Crippen LogP contribution in [-0.2, 0) is 16.1 Å². The maximum atomic E-state index is 13.4. The first-order valence-electron chi connectivity index (χ1n) is 11.6. The molecule has 0 aromatic heterocycles. The quantitative estimate of drug-likeness (QED) is 0.285. The minimum Gasteiger partial charge on any atom is -0.483 e. The number of carbonyl (C=O) groups is 2. The number of amides is 2. The molecule has 1 atom stereocenters. The summed E-state index contributed by atoms with van der Waals surface area (Å²) in [4.78, 5) is 27.9. The van der Waals surface area contributed by atoms with Crippen molar-refractivity contribution in [2.75, 3.05) is 13.2 Å². The van der Waals surface area contributed by atoms with Crippen molar-refractivity contribution in [1.82, 2.24) is 10.2 Å². The molecule has 0 radical (unpaired) electrons. The lowest BCUT2D eigenvalue weighted by molar-refractivity contribution is -0.143. The lowest BCUT2D eigenvalue weighted by Crippen LogP contribution is -2.50. The summed E-state index contributed by atoms with van der Waals surface area (Å²) in [6.45, 7) is 4.69. The summed E-state index contributed by atoms with van der Waals surface area (Å²) in [7, 11) is 0. The molecule has 0 unspecified atom stereocenters. The Morgan fingerprint density at radius 1 is 1.06 bits per heavy atom. The highest BCUT2D eigenvalue weighted by atomic mass is 79.9. The van der Waals surface area contributed by atoms with Crippen LogP contribution in [0.25, 0.3) is 10.8 Å². The highest BCUT2D eigenvalue weighted by Crippen LogP contribution is 2.33. The van der Waals surface area contributed by atoms with Crippen molar-refractivity contribution in [3.63, 3.8) is 0 Å². The number of fused-ring (bicyclic) bond motifs is 1. The summed E-state index contributed by atoms with van der Waals surface area (Å²) >= 11 is 9.63. The fourth-order valence-electron chi connectivity index (χ4n) is 3.76. The SMILES string of the molecule is CCCCNC(=O)[C@H](CC)N(Cc1ccc(Cl)cc1)C(=O)COc1ccc2ccccc2c1Br. The van der Waals surface area contributed by atoms with E-state index in [1.54, 1.807) is 17.0 Å². The average molecular weight is 546 g/mol. The molecule has 0 bridgehead atoms. The number of nitrogens with zero attached hydrogens (tertiary/aromatic N) is 1. The van der Waals surface area contributed by atoms with Crippen LogP contribution in [0.15, 0.2) is 65.1 Å². The van der Waals surface area contributed by atoms with E-state index in [-0.39, 0.29) is 25.0 Å². The van der Waals surface area contributed by atoms with Crippen LogP contribution in [0.4, 0.5) is 0 Å². The summed E-state index contributed by atoms with van der Waals surface area (Å²) in [6.07, 6.45) is 2.38. The number of hydrogen-bond acceptors (Lipinski definition) is 3. The van der Waals surface area contributed by atoms with Gasteiger partial charge in [-0.3, -0.25) is 9.59 Å². The van der Waals surface area contributed by atoms with Crippen LogP contribution in [0, 0.1) is 0 Å². The normalized spacial score (nSPS) is 11.8. The second kappa shape index (κ2) is 12.8. The fourth-order valence-corrected chi connectivity index (χ4v) is 4.49. The van der Waals surface area contributed by atoms with E-state index in [4.69, 9.17) is 16.3 Å². The third-order valence-electron chi connectivity index (χ3n) is 5.66. The third-order valence-corrected chi connectivity index (χ3v) is 6.73. The van der Waals surface area contributed by atoms with Gasteiger partial charge in [-0.05, 0) is 63.3 Å². The molecule has 0 aliphatic carbocycles. The Bertz CT molecular complexity index is 1120. The van der Waals surface area contributed by atoms with Crippen molar-refractivity contribution < 1.29 is 14.3 Å². The van der Waals surface area contributed by atoms with Gasteiger partial charge in [0.2, 0.25) is 5.91 Å². The van der Waals surface area contributed by atoms with Crippen molar-refractivity contribution in [2.24, 2.45) is 0 Å². The zero-order chi connectivity index (χ0) is 24.5. The molecule has 3 rings (SSSR count). The molecule has 34 heavy (non-hydrogen) atoms. The molecule has 0 aliphatic heterocycles. The van der Waals surface area contributed by atoms with Gasteiger partial charge in [-0.1, -0.05) is 74.3 Å². The van der Waals surface area contributed by atoms with E-state index < -0.39 is 6.04 Å². The van der Waals surface area contributed by atoms with Crippen molar-refractivity contribution in [1.29, 1.82) is 0 Å². The van der Waals surface area contributed by atoms with E-state index in [0.717, 1.165) is 33.7 Å². The Hall–Kier alpha value is -2.57. The van der Waals surface area contributed by atoms with Crippen LogP contribution < -0.4 is 10.1 Å². The monoisotopic (exact) mass is 544 g/mol. The number of halogens is 2. The molecule has 7 heteroatoms. The molecule has 1 N–H and O–H groups in total. The number of nitrogens with one attached hydrogen (secondary N) is 1. The van der Waals surface area contributed by atoms with Gasteiger partial charge in [0.25, 0.3) is 5.91 Å². The molecule has 0 fully saturated rings. The Morgan fingerprint density at radius 2 is 1.79 bits per heavy atom. The molecule has 0 spiro atoms. The van der Waals surface area contributed by atoms with E-state index in [9.17, 15) is 9.59 Å². The Balaban J connectivity index is 1.79. The largest absolute Gasteiger partial charge is 0.483 e. The zero-order valence-electron chi connectivity index (χ0n) is 19.5. The third kappa shape index (κ3) is 6.73. The highest BCUT2D eigenvalue weighted by Gasteiger charge is 2.29. The van der Waals surface area contributed by atoms with E-state index in [1.807, 2.05) is 55.5 Å². The van der Waals surface area contributed by atoms with Crippen LogP contribution in [-0.4, -0.2) is 35.9 Å². The van der Waals surface area contributed by atoms with E-state index in [0.29, 0.717) is 23.7 Å². The van der Waals surface area contributed by atoms with Gasteiger partial charge in [-0.15, -0.1) is 0 Å². The molecule has 0 saturated heterocycles. The lowest BCUT2D eigenvalue weighted by Gasteiger charge is -2.30. The molecule has 180 valence electrons. The van der Waals surface area contributed by atoms with Crippen molar-refractivity contribution >= 4 is 50.1 Å². The Kier molecular flexibility index (Phi) is 9.78. The summed E-state index contributed by atoms with van der Waals surface area (Å²) < 4.78 is 6.72. The minimum absolute atomic E-state index is 0.148. The highest BCUT2D eigenvalue weighted by molar-refractivity contribution is 9.10. The van der Waals surface area contributed by atoms with Crippen LogP contribution in [0.5, 0.6) is 5.75 Å². The zero-order valence-corrected chi connectivity index (χ0v) is 21.9. The first kappa shape index (κ1) is 26.0. The number of hydrogen-bond donors (Lipinski definition) is 1. The summed E-state index contributed by atoms with van der Waals surface area (Å²) in [5.41, 5.74) is 0.893. The van der Waals surface area contributed by atoms with Gasteiger partial charge in [0.05, 0.1) is 4.47 Å². The lowest BCUT2D eigenvalue weighted by atomic mass is 10.1. The number of ether oxygens (including phenoxy) is 1. The van der Waals surface area contributed by atoms with Gasteiger partial charge < -0.3 is 15.0 Å². The van der Waals surface area contributed by atoms with Gasteiger partial charge in [0, 0.05) is 18.1 Å². The smallest absolute Gasteiger partial charge is 0.261 e. The standard InChI is InChI=1S/C27H30BrClN2O3/c1-3-5-16-30-27(33)23(4-2)31(17-19-10-13-21(29)14-11-19)25(32)18-34-24-15-12-20-8-6-7-9-22(20)26(24)28/h6-15,23H,3-5,16-18H2,1-2H3,(H,30,33)/t23-/m0/s1. The van der Waals surface area contributed by atoms with E-state index in [2.05, 4.69) is 28.2 Å². The second-order valence-electron chi connectivity index (χ2n) is 8.10. The molecule has 0 aliphatic rings. The molecular weight excluding hydrogens is 516 g/mol. The van der Waals surface area contributed by atoms with Gasteiger partial charge in [-0.25, -0.2) is 0 Å². The van der Waals surface area contributed by atoms with Gasteiger partial charge in [0.15, 0.2) is 6.61 Å². The molecule has 0 saturated carbocycles. The van der Waals surface area contributed by atoms with Crippen LogP contribution in [0.2, 0.25) is 5.02 Å². The van der Waals surface area contributed by atoms with Gasteiger partial charge >= 0.3 is 0 Å². The average Bonchev–Trinajstić information content (AvgIpc) is 2.85. The minimum atomic E-state index is -0.594. The first-order valence-corrected chi connectivity index (χ1v) is 12.7. The maximum Gasteiger partial charge on any atom is 0.261 e. The molecule has 2 amide bonds. The number of unbranched alkanes of at least 4 members (excludes halogenated alkanes) is 1. The Labute approximate surface area is 214 Å². The number of benzene rings is 3. The molecular formula is C27H30BrClN2O3. The molecule has 0 heterocycles. The van der Waals surface area contributed by atoms with E-state index in [1.165, 1.54) is 0 Å². The second-order valence-corrected chi connectivity index (χ2v) is 9.33. The summed E-state index contributed by atoms with van der Waals surface area (Å²) in [6, 6.07) is 18.5. The predicted molar refractivity (Wildman–Crippen MR) is 141 cm³/mol. The maximum absolute atomic E-state index is 13.4. The number of rotatable bonds is 11. The molecule has 5 nitrogen and oxygen atoms in total. The number of carbonyl (C=O) groups excluding carboxylic acids is 2. The first-order chi connectivity index (χ1) is 16.4. The van der Waals surface area contributed by atoms with Crippen molar-refractivity contribution in [2.45, 2.75) is 45.7 Å². The topological polar surface area (TPSA) is 58.6 Å². The van der Waals surface area contributed by atoms with Crippen molar-refractivity contribution in [3.8, 4) is 5.75 Å². The van der Waals surface area contributed by atoms with Gasteiger partial charge in [0.1, 0.15) is 11.8 Å². The van der Waals surface area contributed by atoms with Crippen molar-refractivity contribution in [3.05, 3.63) is 75.7 Å². The molecule has 3 aromatic carbocycles. The molecule has 3 aromatic rings. The predicted octanol–water partition coefficient (Wildman–Crippen LogP) is 6.36. The van der Waals surface area contributed by atoms with Crippen LogP contribution >= 0.6 is 27.5 Å².